The fourth-order valence-corrected chi connectivity index (χ4v) is 6.91. The number of benzene rings is 2. The van der Waals surface area contributed by atoms with Crippen molar-refractivity contribution in [2.24, 2.45) is 0 Å². The van der Waals surface area contributed by atoms with Gasteiger partial charge in [0.25, 0.3) is 0 Å². The van der Waals surface area contributed by atoms with Crippen LogP contribution in [0.15, 0.2) is 58.3 Å². The minimum absolute atomic E-state index is 0.791. The number of rotatable bonds is 5. The van der Waals surface area contributed by atoms with E-state index in [0.29, 0.717) is 0 Å². The molecule has 0 atom stereocenters. The largest absolute Gasteiger partial charge is 0.0619 e. The lowest BCUT2D eigenvalue weighted by Gasteiger charge is -2.17. The summed E-state index contributed by atoms with van der Waals surface area (Å²) in [6.07, 6.45) is 11.1. The van der Waals surface area contributed by atoms with Crippen LogP contribution < -0.4 is 0 Å². The molecule has 24 heavy (non-hydrogen) atoms. The summed E-state index contributed by atoms with van der Waals surface area (Å²) in [5, 5.41) is 0. The predicted molar refractivity (Wildman–Crippen MR) is 107 cm³/mol. The molecule has 0 saturated heterocycles. The van der Waals surface area contributed by atoms with Gasteiger partial charge in [-0.1, -0.05) is 83.7 Å². The summed E-state index contributed by atoms with van der Waals surface area (Å²) in [6.45, 7) is 0. The summed E-state index contributed by atoms with van der Waals surface area (Å²) in [7, 11) is 3.95. The molecule has 0 spiro atoms. The molecule has 2 aliphatic rings. The fourth-order valence-electron chi connectivity index (χ4n) is 4.35. The molecule has 0 nitrogen and oxygen atoms in total. The third-order valence-corrected chi connectivity index (χ3v) is 8.16. The maximum atomic E-state index is 2.36. The van der Waals surface area contributed by atoms with Crippen molar-refractivity contribution in [3.05, 3.63) is 59.7 Å². The van der Waals surface area contributed by atoms with Crippen molar-refractivity contribution in [3.63, 3.8) is 0 Å². The third-order valence-electron chi connectivity index (χ3n) is 5.65. The number of hydrogen-bond acceptors (Lipinski definition) is 2. The second-order valence-electron chi connectivity index (χ2n) is 7.21. The Bertz CT molecular complexity index is 608. The Kier molecular flexibility index (Phi) is 5.54. The summed E-state index contributed by atoms with van der Waals surface area (Å²) >= 11 is 0. The maximum Gasteiger partial charge on any atom is 0.0221 e. The van der Waals surface area contributed by atoms with E-state index in [1.165, 1.54) is 61.2 Å². The molecule has 2 aliphatic carbocycles. The van der Waals surface area contributed by atoms with Gasteiger partial charge >= 0.3 is 0 Å². The van der Waals surface area contributed by atoms with E-state index in [0.717, 1.165) is 11.8 Å². The predicted octanol–water partition coefficient (Wildman–Crippen LogP) is 7.80. The van der Waals surface area contributed by atoms with Crippen LogP contribution in [-0.4, -0.2) is 0 Å². The first-order chi connectivity index (χ1) is 11.9. The van der Waals surface area contributed by atoms with Crippen LogP contribution >= 0.6 is 21.6 Å². The van der Waals surface area contributed by atoms with Gasteiger partial charge in [-0.2, -0.15) is 0 Å². The van der Waals surface area contributed by atoms with Gasteiger partial charge < -0.3 is 0 Å². The van der Waals surface area contributed by atoms with Crippen LogP contribution in [0.3, 0.4) is 0 Å². The van der Waals surface area contributed by atoms with Crippen molar-refractivity contribution >= 4 is 21.6 Å². The highest BCUT2D eigenvalue weighted by atomic mass is 33.1. The summed E-state index contributed by atoms with van der Waals surface area (Å²) < 4.78 is 0. The molecule has 4 rings (SSSR count). The lowest BCUT2D eigenvalue weighted by atomic mass is 9.98. The molecule has 2 aromatic carbocycles. The molecule has 2 aromatic rings. The van der Waals surface area contributed by atoms with Crippen LogP contribution in [0.4, 0.5) is 0 Å². The highest BCUT2D eigenvalue weighted by molar-refractivity contribution is 8.76. The van der Waals surface area contributed by atoms with Crippen LogP contribution in [0.1, 0.15) is 74.3 Å². The Balaban J connectivity index is 1.51. The van der Waals surface area contributed by atoms with Gasteiger partial charge in [0.1, 0.15) is 0 Å². The SMILES string of the molecule is c1ccc(C2CCCC2)c(SSc2ccccc2C2CCCC2)c1. The molecular weight excluding hydrogens is 328 g/mol. The number of hydrogen-bond donors (Lipinski definition) is 0. The molecule has 0 radical (unpaired) electrons. The quantitative estimate of drug-likeness (QED) is 0.502. The van der Waals surface area contributed by atoms with Gasteiger partial charge in [-0.25, -0.2) is 0 Å². The summed E-state index contributed by atoms with van der Waals surface area (Å²) in [4.78, 5) is 2.96. The summed E-state index contributed by atoms with van der Waals surface area (Å²) in [6, 6.07) is 18.2. The van der Waals surface area contributed by atoms with Crippen molar-refractivity contribution < 1.29 is 0 Å². The summed E-state index contributed by atoms with van der Waals surface area (Å²) in [5.41, 5.74) is 3.18. The van der Waals surface area contributed by atoms with E-state index in [-0.39, 0.29) is 0 Å². The van der Waals surface area contributed by atoms with Crippen LogP contribution in [0.25, 0.3) is 0 Å². The van der Waals surface area contributed by atoms with E-state index in [4.69, 9.17) is 0 Å². The van der Waals surface area contributed by atoms with Crippen molar-refractivity contribution in [2.75, 3.05) is 0 Å². The van der Waals surface area contributed by atoms with E-state index < -0.39 is 0 Å². The first kappa shape index (κ1) is 16.6. The normalized spacial score (nSPS) is 19.2. The minimum Gasteiger partial charge on any atom is -0.0619 e. The van der Waals surface area contributed by atoms with Gasteiger partial charge in [0, 0.05) is 9.79 Å². The molecular formula is C22H26S2. The lowest BCUT2D eigenvalue weighted by molar-refractivity contribution is 0.708. The van der Waals surface area contributed by atoms with Gasteiger partial charge in [0.2, 0.25) is 0 Å². The van der Waals surface area contributed by atoms with Gasteiger partial charge in [-0.05, 0) is 60.8 Å². The van der Waals surface area contributed by atoms with Gasteiger partial charge in [0.15, 0.2) is 0 Å². The Labute approximate surface area is 154 Å². The van der Waals surface area contributed by atoms with E-state index in [1.807, 2.05) is 21.6 Å². The lowest BCUT2D eigenvalue weighted by Crippen LogP contribution is -1.95. The molecule has 2 fully saturated rings. The first-order valence-corrected chi connectivity index (χ1v) is 11.6. The van der Waals surface area contributed by atoms with E-state index in [9.17, 15) is 0 Å². The van der Waals surface area contributed by atoms with E-state index in [1.54, 1.807) is 11.1 Å². The zero-order chi connectivity index (χ0) is 16.2. The van der Waals surface area contributed by atoms with Crippen LogP contribution in [0, 0.1) is 0 Å². The molecule has 0 aromatic heterocycles. The Morgan fingerprint density at radius 3 is 1.33 bits per heavy atom. The van der Waals surface area contributed by atoms with Crippen molar-refractivity contribution in [3.8, 4) is 0 Å². The Morgan fingerprint density at radius 1 is 0.542 bits per heavy atom. The van der Waals surface area contributed by atoms with Crippen molar-refractivity contribution in [1.29, 1.82) is 0 Å². The zero-order valence-corrected chi connectivity index (χ0v) is 15.9. The molecule has 0 aliphatic heterocycles. The average Bonchev–Trinajstić information content (AvgIpc) is 3.34. The molecule has 0 N–H and O–H groups in total. The highest BCUT2D eigenvalue weighted by Gasteiger charge is 2.22. The van der Waals surface area contributed by atoms with Gasteiger partial charge in [-0.15, -0.1) is 0 Å². The fraction of sp³-hybridized carbons (Fsp3) is 0.455. The second kappa shape index (κ2) is 8.01. The van der Waals surface area contributed by atoms with Crippen molar-refractivity contribution in [2.45, 2.75) is 73.0 Å². The van der Waals surface area contributed by atoms with E-state index >= 15 is 0 Å². The van der Waals surface area contributed by atoms with E-state index in [2.05, 4.69) is 48.5 Å². The third kappa shape index (κ3) is 3.70. The van der Waals surface area contributed by atoms with Gasteiger partial charge in [0.05, 0.1) is 0 Å². The standard InChI is InChI=1S/C22H26S2/c1-2-10-17(9-1)19-13-5-7-15-21(19)23-24-22-16-8-6-14-20(22)18-11-3-4-12-18/h5-8,13-18H,1-4,9-12H2. The highest BCUT2D eigenvalue weighted by Crippen LogP contribution is 2.47. The molecule has 0 bridgehead atoms. The smallest absolute Gasteiger partial charge is 0.0221 e. The van der Waals surface area contributed by atoms with Crippen molar-refractivity contribution in [1.82, 2.24) is 0 Å². The minimum atomic E-state index is 0.791. The van der Waals surface area contributed by atoms with Gasteiger partial charge in [-0.3, -0.25) is 0 Å². The molecule has 2 heteroatoms. The molecule has 0 heterocycles. The first-order valence-electron chi connectivity index (χ1n) is 9.44. The van der Waals surface area contributed by atoms with Crippen LogP contribution in [0.2, 0.25) is 0 Å². The Hall–Kier alpha value is -0.860. The monoisotopic (exact) mass is 354 g/mol. The molecule has 0 amide bonds. The van der Waals surface area contributed by atoms with Crippen LogP contribution in [-0.2, 0) is 0 Å². The molecule has 2 saturated carbocycles. The topological polar surface area (TPSA) is 0 Å². The van der Waals surface area contributed by atoms with Crippen LogP contribution in [0.5, 0.6) is 0 Å². The molecule has 0 unspecified atom stereocenters. The average molecular weight is 355 g/mol. The second-order valence-corrected chi connectivity index (χ2v) is 9.42. The Morgan fingerprint density at radius 2 is 0.917 bits per heavy atom. The maximum absolute atomic E-state index is 2.36. The molecule has 126 valence electrons. The zero-order valence-electron chi connectivity index (χ0n) is 14.2. The summed E-state index contributed by atoms with van der Waals surface area (Å²) in [5.74, 6) is 1.58.